The minimum absolute atomic E-state index is 0.00621. The molecule has 3 heterocycles. The van der Waals surface area contributed by atoms with E-state index in [-0.39, 0.29) is 24.3 Å². The van der Waals surface area contributed by atoms with Crippen LogP contribution in [0.25, 0.3) is 0 Å². The molecule has 0 spiro atoms. The van der Waals surface area contributed by atoms with Gasteiger partial charge in [-0.05, 0) is 38.9 Å². The Kier molecular flexibility index (Phi) is 8.19. The monoisotopic (exact) mass is 392 g/mol. The van der Waals surface area contributed by atoms with E-state index < -0.39 is 0 Å². The highest BCUT2D eigenvalue weighted by atomic mass is 16.5. The zero-order chi connectivity index (χ0) is 20.5. The molecule has 2 aliphatic heterocycles. The Hall–Kier alpha value is -2.68. The number of carbonyl (C=O) groups excluding carboxylic acids is 2. The minimum Gasteiger partial charge on any atom is -0.483 e. The summed E-state index contributed by atoms with van der Waals surface area (Å²) in [6.07, 6.45) is 4.40. The lowest BCUT2D eigenvalue weighted by molar-refractivity contribution is -0.135. The van der Waals surface area contributed by atoms with E-state index in [2.05, 4.69) is 9.88 Å². The number of pyridine rings is 1. The van der Waals surface area contributed by atoms with Crippen LogP contribution in [0, 0.1) is 0 Å². The third-order valence-electron chi connectivity index (χ3n) is 5.09. The molecule has 0 saturated carbocycles. The maximum Gasteiger partial charge on any atom is 0.290 e. The van der Waals surface area contributed by atoms with Crippen molar-refractivity contribution in [3.8, 4) is 5.88 Å². The first kappa shape index (κ1) is 21.6. The highest BCUT2D eigenvalue weighted by molar-refractivity contribution is 5.94. The van der Waals surface area contributed by atoms with Crippen molar-refractivity contribution in [2.75, 3.05) is 46.9 Å². The van der Waals surface area contributed by atoms with Crippen molar-refractivity contribution < 1.29 is 24.2 Å². The van der Waals surface area contributed by atoms with E-state index in [9.17, 15) is 9.59 Å². The van der Waals surface area contributed by atoms with E-state index in [0.29, 0.717) is 37.6 Å². The number of likely N-dealkylation sites (tertiary alicyclic amines) is 1. The average molecular weight is 392 g/mol. The number of nitrogens with zero attached hydrogens (tertiary/aromatic N) is 4. The average Bonchev–Trinajstić information content (AvgIpc) is 2.99. The molecule has 0 radical (unpaired) electrons. The highest BCUT2D eigenvalue weighted by Gasteiger charge is 2.32. The fourth-order valence-electron chi connectivity index (χ4n) is 3.61. The third-order valence-corrected chi connectivity index (χ3v) is 5.09. The number of ether oxygens (including phenoxy) is 1. The van der Waals surface area contributed by atoms with Crippen LogP contribution in [-0.2, 0) is 9.59 Å². The van der Waals surface area contributed by atoms with Crippen LogP contribution >= 0.6 is 0 Å². The van der Waals surface area contributed by atoms with E-state index in [0.717, 1.165) is 25.8 Å². The number of hydrogen-bond donors (Lipinski definition) is 1. The molecule has 2 fully saturated rings. The van der Waals surface area contributed by atoms with Gasteiger partial charge < -0.3 is 19.6 Å². The molecule has 1 aromatic heterocycles. The minimum atomic E-state index is -0.250. The predicted octanol–water partition coefficient (Wildman–Crippen LogP) is 0.560. The Bertz CT molecular complexity index is 684. The summed E-state index contributed by atoms with van der Waals surface area (Å²) < 4.78 is 5.09. The van der Waals surface area contributed by atoms with Gasteiger partial charge in [0.2, 0.25) is 11.8 Å². The summed E-state index contributed by atoms with van der Waals surface area (Å²) in [5.41, 5.74) is 0.571. The first-order chi connectivity index (χ1) is 13.5. The molecule has 9 nitrogen and oxygen atoms in total. The molecular weight excluding hydrogens is 364 g/mol. The van der Waals surface area contributed by atoms with E-state index in [1.165, 1.54) is 7.11 Å². The largest absolute Gasteiger partial charge is 0.483 e. The van der Waals surface area contributed by atoms with Gasteiger partial charge in [-0.25, -0.2) is 4.98 Å². The SMILES string of the molecule is COc1cc(C(=O)N2CCCN(C(=O)[C@@H]3CCCN3C)CC2)ccn1.O=CO. The summed E-state index contributed by atoms with van der Waals surface area (Å²) in [5, 5.41) is 6.89. The summed E-state index contributed by atoms with van der Waals surface area (Å²) in [4.78, 5) is 43.8. The molecule has 154 valence electrons. The molecule has 9 heteroatoms. The van der Waals surface area contributed by atoms with Crippen LogP contribution in [0.4, 0.5) is 0 Å². The van der Waals surface area contributed by atoms with Gasteiger partial charge in [-0.3, -0.25) is 19.3 Å². The van der Waals surface area contributed by atoms with Gasteiger partial charge in [0.05, 0.1) is 13.2 Å². The van der Waals surface area contributed by atoms with E-state index in [1.807, 2.05) is 16.8 Å². The number of likely N-dealkylation sites (N-methyl/N-ethyl adjacent to an activating group) is 1. The highest BCUT2D eigenvalue weighted by Crippen LogP contribution is 2.19. The van der Waals surface area contributed by atoms with Gasteiger partial charge >= 0.3 is 0 Å². The second kappa shape index (κ2) is 10.6. The van der Waals surface area contributed by atoms with Crippen molar-refractivity contribution in [1.29, 1.82) is 0 Å². The Labute approximate surface area is 164 Å². The second-order valence-corrected chi connectivity index (χ2v) is 6.80. The number of amides is 2. The van der Waals surface area contributed by atoms with Crippen LogP contribution in [0.3, 0.4) is 0 Å². The Balaban J connectivity index is 0.000000878. The zero-order valence-corrected chi connectivity index (χ0v) is 16.4. The van der Waals surface area contributed by atoms with E-state index >= 15 is 0 Å². The van der Waals surface area contributed by atoms with Crippen molar-refractivity contribution >= 4 is 18.3 Å². The number of carboxylic acid groups (broad SMARTS) is 1. The number of rotatable bonds is 3. The van der Waals surface area contributed by atoms with Crippen LogP contribution in [-0.4, -0.2) is 96.0 Å². The van der Waals surface area contributed by atoms with Gasteiger partial charge in [-0.1, -0.05) is 0 Å². The van der Waals surface area contributed by atoms with Crippen molar-refractivity contribution in [1.82, 2.24) is 19.7 Å². The molecule has 2 amide bonds. The normalized spacial score (nSPS) is 20.0. The number of hydrogen-bond acceptors (Lipinski definition) is 6. The quantitative estimate of drug-likeness (QED) is 0.750. The lowest BCUT2D eigenvalue weighted by Gasteiger charge is -2.27. The molecule has 0 aromatic carbocycles. The summed E-state index contributed by atoms with van der Waals surface area (Å²) in [6.45, 7) is 3.27. The van der Waals surface area contributed by atoms with E-state index in [1.54, 1.807) is 18.3 Å². The lowest BCUT2D eigenvalue weighted by atomic mass is 10.2. The standard InChI is InChI=1S/C18H26N4O3.CH2O2/c1-20-8-3-5-15(20)18(24)22-10-4-9-21(11-12-22)17(23)14-6-7-19-16(13-14)25-2;2-1-3/h6-7,13,15H,3-5,8-12H2,1-2H3;1H,(H,2,3)/t15-;/m0./s1. The van der Waals surface area contributed by atoms with Crippen molar-refractivity contribution in [3.05, 3.63) is 23.9 Å². The van der Waals surface area contributed by atoms with Gasteiger partial charge in [0, 0.05) is 44.0 Å². The molecule has 0 bridgehead atoms. The predicted molar refractivity (Wildman–Crippen MR) is 102 cm³/mol. The first-order valence-electron chi connectivity index (χ1n) is 9.38. The molecule has 1 atom stereocenters. The van der Waals surface area contributed by atoms with Gasteiger partial charge in [-0.2, -0.15) is 0 Å². The number of carbonyl (C=O) groups is 3. The molecular formula is C19H28N4O5. The Morgan fingerprint density at radius 3 is 2.50 bits per heavy atom. The van der Waals surface area contributed by atoms with E-state index in [4.69, 9.17) is 14.6 Å². The van der Waals surface area contributed by atoms with Crippen LogP contribution < -0.4 is 4.74 Å². The molecule has 1 aromatic rings. The molecule has 2 aliphatic rings. The summed E-state index contributed by atoms with van der Waals surface area (Å²) in [5.74, 6) is 0.606. The summed E-state index contributed by atoms with van der Waals surface area (Å²) >= 11 is 0. The number of methoxy groups -OCH3 is 1. The van der Waals surface area contributed by atoms with Gasteiger partial charge in [0.25, 0.3) is 12.4 Å². The Morgan fingerprint density at radius 2 is 1.86 bits per heavy atom. The molecule has 1 N–H and O–H groups in total. The van der Waals surface area contributed by atoms with Gasteiger partial charge in [0.1, 0.15) is 0 Å². The van der Waals surface area contributed by atoms with Crippen LogP contribution in [0.5, 0.6) is 5.88 Å². The molecule has 28 heavy (non-hydrogen) atoms. The van der Waals surface area contributed by atoms with Crippen LogP contribution in [0.1, 0.15) is 29.6 Å². The second-order valence-electron chi connectivity index (χ2n) is 6.80. The van der Waals surface area contributed by atoms with Gasteiger partial charge in [-0.15, -0.1) is 0 Å². The van der Waals surface area contributed by atoms with Crippen molar-refractivity contribution in [2.24, 2.45) is 0 Å². The summed E-state index contributed by atoms with van der Waals surface area (Å²) in [7, 11) is 3.55. The maximum absolute atomic E-state index is 12.7. The van der Waals surface area contributed by atoms with Crippen molar-refractivity contribution in [3.63, 3.8) is 0 Å². The molecule has 0 aliphatic carbocycles. The molecule has 2 saturated heterocycles. The number of aromatic nitrogens is 1. The Morgan fingerprint density at radius 1 is 1.18 bits per heavy atom. The topological polar surface area (TPSA) is 103 Å². The van der Waals surface area contributed by atoms with Crippen LogP contribution in [0.15, 0.2) is 18.3 Å². The molecule has 3 rings (SSSR count). The van der Waals surface area contributed by atoms with Gasteiger partial charge in [0.15, 0.2) is 0 Å². The van der Waals surface area contributed by atoms with Crippen LogP contribution in [0.2, 0.25) is 0 Å². The fraction of sp³-hybridized carbons (Fsp3) is 0.579. The first-order valence-corrected chi connectivity index (χ1v) is 9.38. The summed E-state index contributed by atoms with van der Waals surface area (Å²) in [6, 6.07) is 3.36. The lowest BCUT2D eigenvalue weighted by Crippen LogP contribution is -2.46. The molecule has 0 unspecified atom stereocenters. The zero-order valence-electron chi connectivity index (χ0n) is 16.4. The maximum atomic E-state index is 12.7. The van der Waals surface area contributed by atoms with Crippen molar-refractivity contribution in [2.45, 2.75) is 25.3 Å². The smallest absolute Gasteiger partial charge is 0.290 e. The fourth-order valence-corrected chi connectivity index (χ4v) is 3.61. The third kappa shape index (κ3) is 5.41.